The highest BCUT2D eigenvalue weighted by Gasteiger charge is 2.37. The third-order valence-corrected chi connectivity index (χ3v) is 3.15. The lowest BCUT2D eigenvalue weighted by Crippen LogP contribution is -2.31. The van der Waals surface area contributed by atoms with Crippen LogP contribution in [0.4, 0.5) is 10.2 Å². The van der Waals surface area contributed by atoms with Gasteiger partial charge in [0.2, 0.25) is 0 Å². The van der Waals surface area contributed by atoms with Crippen LogP contribution in [0.3, 0.4) is 0 Å². The van der Waals surface area contributed by atoms with E-state index in [-0.39, 0.29) is 18.8 Å². The molecule has 0 amide bonds. The average Bonchev–Trinajstić information content (AvgIpc) is 2.65. The fraction of sp³-hybridized carbons (Fsp3) is 0.556. The van der Waals surface area contributed by atoms with Gasteiger partial charge in [-0.15, -0.1) is 0 Å². The first kappa shape index (κ1) is 12.5. The number of anilines is 1. The molecule has 3 atom stereocenters. The third-order valence-electron chi connectivity index (χ3n) is 2.54. The molecule has 0 spiro atoms. The minimum Gasteiger partial charge on any atom is -0.394 e. The fourth-order valence-electron chi connectivity index (χ4n) is 1.70. The Morgan fingerprint density at radius 2 is 2.47 bits per heavy atom. The van der Waals surface area contributed by atoms with Crippen molar-refractivity contribution in [2.75, 3.05) is 12.3 Å². The van der Waals surface area contributed by atoms with Gasteiger partial charge < -0.3 is 15.6 Å². The van der Waals surface area contributed by atoms with Crippen LogP contribution in [-0.4, -0.2) is 33.5 Å². The van der Waals surface area contributed by atoms with Crippen molar-refractivity contribution in [3.05, 3.63) is 21.2 Å². The summed E-state index contributed by atoms with van der Waals surface area (Å²) >= 11 is 3.10. The lowest BCUT2D eigenvalue weighted by atomic mass is 10.2. The molecule has 1 aliphatic heterocycles. The summed E-state index contributed by atoms with van der Waals surface area (Å²) in [6.45, 7) is -0.282. The van der Waals surface area contributed by atoms with Gasteiger partial charge in [-0.1, -0.05) is 0 Å². The van der Waals surface area contributed by atoms with Gasteiger partial charge in [0.25, 0.3) is 0 Å². The Bertz CT molecular complexity index is 481. The number of halogens is 2. The molecule has 0 unspecified atom stereocenters. The van der Waals surface area contributed by atoms with Crippen LogP contribution in [0, 0.1) is 0 Å². The molecule has 0 aliphatic carbocycles. The van der Waals surface area contributed by atoms with Crippen LogP contribution in [-0.2, 0) is 4.74 Å². The number of nitrogens with two attached hydrogens (primary N) is 1. The number of alkyl halides is 1. The largest absolute Gasteiger partial charge is 0.394 e. The van der Waals surface area contributed by atoms with Gasteiger partial charge in [0.1, 0.15) is 12.0 Å². The van der Waals surface area contributed by atoms with Gasteiger partial charge in [-0.3, -0.25) is 4.57 Å². The maximum atomic E-state index is 13.7. The Morgan fingerprint density at radius 3 is 3.06 bits per heavy atom. The number of aliphatic hydroxyl groups excluding tert-OH is 1. The van der Waals surface area contributed by atoms with Gasteiger partial charge in [-0.25, -0.2) is 9.18 Å². The van der Waals surface area contributed by atoms with E-state index in [2.05, 4.69) is 20.9 Å². The summed E-state index contributed by atoms with van der Waals surface area (Å²) in [7, 11) is 0. The molecule has 6 nitrogen and oxygen atoms in total. The molecule has 2 rings (SSSR count). The molecule has 0 bridgehead atoms. The van der Waals surface area contributed by atoms with Crippen LogP contribution in [0.25, 0.3) is 0 Å². The SMILES string of the molecule is Nc1nc(=O)n([C@H]2O[C@@H](CO)C[C@H]2F)cc1Br. The van der Waals surface area contributed by atoms with Gasteiger partial charge in [0, 0.05) is 12.6 Å². The molecule has 0 radical (unpaired) electrons. The highest BCUT2D eigenvalue weighted by atomic mass is 79.9. The Balaban J connectivity index is 2.35. The summed E-state index contributed by atoms with van der Waals surface area (Å²) < 4.78 is 20.3. The first-order valence-electron chi connectivity index (χ1n) is 4.97. The molecule has 0 saturated carbocycles. The van der Waals surface area contributed by atoms with Gasteiger partial charge in [0.15, 0.2) is 6.23 Å². The van der Waals surface area contributed by atoms with Gasteiger partial charge >= 0.3 is 5.69 Å². The van der Waals surface area contributed by atoms with Crippen molar-refractivity contribution in [1.82, 2.24) is 9.55 Å². The Morgan fingerprint density at radius 1 is 1.76 bits per heavy atom. The van der Waals surface area contributed by atoms with Gasteiger partial charge in [-0.05, 0) is 15.9 Å². The smallest absolute Gasteiger partial charge is 0.351 e. The van der Waals surface area contributed by atoms with Gasteiger partial charge in [-0.2, -0.15) is 4.98 Å². The van der Waals surface area contributed by atoms with E-state index in [4.69, 9.17) is 15.6 Å². The number of rotatable bonds is 2. The predicted molar refractivity (Wildman–Crippen MR) is 61.1 cm³/mol. The molecule has 2 heterocycles. The normalized spacial score (nSPS) is 28.5. The number of ether oxygens (including phenoxy) is 1. The van der Waals surface area contributed by atoms with E-state index < -0.39 is 24.2 Å². The van der Waals surface area contributed by atoms with Crippen LogP contribution in [0.5, 0.6) is 0 Å². The molecule has 1 aliphatic rings. The lowest BCUT2D eigenvalue weighted by Gasteiger charge is -2.16. The van der Waals surface area contributed by atoms with Crippen molar-refractivity contribution >= 4 is 21.7 Å². The first-order valence-corrected chi connectivity index (χ1v) is 5.76. The number of nitrogens with zero attached hydrogens (tertiary/aromatic N) is 2. The summed E-state index contributed by atoms with van der Waals surface area (Å²) in [4.78, 5) is 15.1. The van der Waals surface area contributed by atoms with E-state index in [1.807, 2.05) is 0 Å². The van der Waals surface area contributed by atoms with Crippen molar-refractivity contribution in [2.45, 2.75) is 24.9 Å². The van der Waals surface area contributed by atoms with Crippen molar-refractivity contribution in [3.8, 4) is 0 Å². The minimum absolute atomic E-state index is 0.0402. The van der Waals surface area contributed by atoms with E-state index in [0.29, 0.717) is 4.47 Å². The average molecular weight is 308 g/mol. The number of hydrogen-bond acceptors (Lipinski definition) is 5. The zero-order valence-electron chi connectivity index (χ0n) is 8.72. The van der Waals surface area contributed by atoms with Crippen LogP contribution in [0.2, 0.25) is 0 Å². The molecule has 1 saturated heterocycles. The number of hydrogen-bond donors (Lipinski definition) is 2. The van der Waals surface area contributed by atoms with Crippen molar-refractivity contribution in [2.24, 2.45) is 0 Å². The number of aliphatic hydroxyl groups is 1. The molecular formula is C9H11BrFN3O3. The second-order valence-corrected chi connectivity index (χ2v) is 4.60. The van der Waals surface area contributed by atoms with E-state index >= 15 is 0 Å². The molecule has 94 valence electrons. The van der Waals surface area contributed by atoms with Gasteiger partial charge in [0.05, 0.1) is 17.2 Å². The van der Waals surface area contributed by atoms with E-state index in [1.54, 1.807) is 0 Å². The molecule has 0 aromatic carbocycles. The fourth-order valence-corrected chi connectivity index (χ4v) is 2.01. The zero-order valence-corrected chi connectivity index (χ0v) is 10.3. The monoisotopic (exact) mass is 307 g/mol. The van der Waals surface area contributed by atoms with E-state index in [9.17, 15) is 9.18 Å². The highest BCUT2D eigenvalue weighted by molar-refractivity contribution is 9.10. The minimum atomic E-state index is -1.36. The Hall–Kier alpha value is -0.990. The molecular weight excluding hydrogens is 297 g/mol. The second kappa shape index (κ2) is 4.71. The summed E-state index contributed by atoms with van der Waals surface area (Å²) in [5, 5.41) is 8.89. The maximum Gasteiger partial charge on any atom is 0.351 e. The van der Waals surface area contributed by atoms with Crippen molar-refractivity contribution in [3.63, 3.8) is 0 Å². The topological polar surface area (TPSA) is 90.4 Å². The standard InChI is InChI=1S/C9H11BrFN3O3/c10-5-2-14(9(16)13-7(5)12)8-6(11)1-4(3-15)17-8/h2,4,6,8,15H,1,3H2,(H2,12,13,16)/t4-,6-,8+/m1/s1. The molecule has 3 N–H and O–H groups in total. The van der Waals surface area contributed by atoms with E-state index in [0.717, 1.165) is 4.57 Å². The van der Waals surface area contributed by atoms with Crippen LogP contribution < -0.4 is 11.4 Å². The number of nitrogen functional groups attached to an aromatic ring is 1. The molecule has 1 aromatic rings. The predicted octanol–water partition coefficient (Wildman–Crippen LogP) is 0.206. The third kappa shape index (κ3) is 2.33. The molecule has 8 heteroatoms. The zero-order chi connectivity index (χ0) is 12.6. The summed E-state index contributed by atoms with van der Waals surface area (Å²) in [6, 6.07) is 0. The quantitative estimate of drug-likeness (QED) is 0.815. The van der Waals surface area contributed by atoms with Crippen LogP contribution in [0.15, 0.2) is 15.5 Å². The number of aromatic nitrogens is 2. The first-order chi connectivity index (χ1) is 8.02. The second-order valence-electron chi connectivity index (χ2n) is 3.75. The van der Waals surface area contributed by atoms with Crippen molar-refractivity contribution < 1.29 is 14.2 Å². The summed E-state index contributed by atoms with van der Waals surface area (Å²) in [5.74, 6) is 0.0402. The lowest BCUT2D eigenvalue weighted by molar-refractivity contribution is -0.0394. The molecule has 17 heavy (non-hydrogen) atoms. The van der Waals surface area contributed by atoms with Crippen molar-refractivity contribution in [1.29, 1.82) is 0 Å². The Kier molecular flexibility index (Phi) is 3.45. The Labute approximate surface area is 104 Å². The molecule has 1 aromatic heterocycles. The highest BCUT2D eigenvalue weighted by Crippen LogP contribution is 2.30. The molecule has 1 fully saturated rings. The summed E-state index contributed by atoms with van der Waals surface area (Å²) in [6.07, 6.45) is -1.64. The van der Waals surface area contributed by atoms with Crippen LogP contribution in [0.1, 0.15) is 12.6 Å². The van der Waals surface area contributed by atoms with Crippen LogP contribution >= 0.6 is 15.9 Å². The maximum absolute atomic E-state index is 13.7. The van der Waals surface area contributed by atoms with E-state index in [1.165, 1.54) is 6.20 Å². The summed E-state index contributed by atoms with van der Waals surface area (Å²) in [5.41, 5.74) is 4.75.